The summed E-state index contributed by atoms with van der Waals surface area (Å²) in [7, 11) is 0. The van der Waals surface area contributed by atoms with Gasteiger partial charge in [0.05, 0.1) is 50.3 Å². The molecule has 0 aromatic heterocycles. The minimum atomic E-state index is -0.736. The van der Waals surface area contributed by atoms with E-state index >= 15 is 0 Å². The Morgan fingerprint density at radius 3 is 0.634 bits per heavy atom. The van der Waals surface area contributed by atoms with Crippen molar-refractivity contribution in [2.45, 2.75) is 472 Å². The monoisotopic (exact) mass is 2070 g/mol. The zero-order chi connectivity index (χ0) is 98.4. The average molecular weight is 2070 g/mol. The molecular weight excluding hydrogens is 1840 g/mol. The lowest BCUT2D eigenvalue weighted by atomic mass is 9.84. The van der Waals surface area contributed by atoms with Crippen LogP contribution in [-0.4, -0.2) is 64.4 Å². The summed E-state index contributed by atoms with van der Waals surface area (Å²) in [5.41, 5.74) is 13.2. The van der Waals surface area contributed by atoms with Crippen LogP contribution in [0.25, 0.3) is 0 Å². The minimum absolute atomic E-state index is 0. The second-order valence-corrected chi connectivity index (χ2v) is 39.3. The topological polar surface area (TPSA) is 55.4 Å². The van der Waals surface area contributed by atoms with Gasteiger partial charge < -0.3 is 28.4 Å². The predicted molar refractivity (Wildman–Crippen MR) is 629 cm³/mol. The fraction of sp³-hybridized carbons (Fsp3) is 0.659. The van der Waals surface area contributed by atoms with E-state index in [0.717, 1.165) is 110 Å². The molecule has 1 saturated carbocycles. The molecule has 6 nitrogen and oxygen atoms in total. The van der Waals surface area contributed by atoms with Crippen LogP contribution in [0.1, 0.15) is 431 Å². The van der Waals surface area contributed by atoms with Crippen LogP contribution < -0.4 is 0 Å². The molecule has 0 spiro atoms. The SMILES string of the molecule is C.C.C.C.C.C.C.C.C.C.C.C.C.C.C.CC1=C(F)CC(C)CC1.CC1=C(F)CC(C)CC1.CC1=CCC(C)CC1.CC1=CCC(C)CC1.CC1CCC(C)CC1.CC1CCC(C)OC1.CC1CCC(C)OC1.CC1COC(C)OC1.CC1COC(C)OC1.Cc1cc(F)c(C)c(F)c1.Cc1cc(F)c(C)c(F)c1.Cc1ccc(C)c(F)c1.Cc1ccc(C)c(F)c1.Cc1ccc(C)c(F)c1F.Cc1ccc(C)cc1. The third-order valence-corrected chi connectivity index (χ3v) is 24.2. The van der Waals surface area contributed by atoms with E-state index in [-0.39, 0.29) is 158 Å². The van der Waals surface area contributed by atoms with Gasteiger partial charge in [-0.05, 0) is 368 Å². The maximum Gasteiger partial charge on any atom is 0.161 e. The molecule has 4 aliphatic heterocycles. The van der Waals surface area contributed by atoms with Crippen LogP contribution in [0.5, 0.6) is 0 Å². The highest BCUT2D eigenvalue weighted by Gasteiger charge is 2.20. The third kappa shape index (κ3) is 82.8. The Morgan fingerprint density at radius 1 is 0.214 bits per heavy atom. The first-order chi connectivity index (χ1) is 60.9. The number of ether oxygens (including phenoxy) is 6. The molecule has 6 aromatic carbocycles. The van der Waals surface area contributed by atoms with Gasteiger partial charge in [0.1, 0.15) is 34.9 Å². The number of rotatable bonds is 0. The van der Waals surface area contributed by atoms with Crippen molar-refractivity contribution in [2.24, 2.45) is 59.2 Å². The van der Waals surface area contributed by atoms with E-state index in [1.807, 2.05) is 53.7 Å². The Labute approximate surface area is 894 Å². The molecule has 9 aliphatic rings. The number of allylic oxidation sites excluding steroid dienone is 8. The third-order valence-electron chi connectivity index (χ3n) is 24.2. The van der Waals surface area contributed by atoms with Crippen LogP contribution in [0.4, 0.5) is 43.9 Å². The molecule has 5 fully saturated rings. The number of halogens is 10. The summed E-state index contributed by atoms with van der Waals surface area (Å²) in [6, 6.07) is 27.3. The molecule has 15 rings (SSSR count). The second-order valence-electron chi connectivity index (χ2n) is 39.3. The highest BCUT2D eigenvalue weighted by Crippen LogP contribution is 2.32. The first-order valence-electron chi connectivity index (χ1n) is 48.4. The van der Waals surface area contributed by atoms with Crippen molar-refractivity contribution in [1.29, 1.82) is 0 Å². The van der Waals surface area contributed by atoms with E-state index < -0.39 is 34.9 Å². The maximum atomic E-state index is 12.7. The molecule has 16 heteroatoms. The number of aryl methyl sites for hydroxylation is 10. The molecule has 0 N–H and O–H groups in total. The molecule has 145 heavy (non-hydrogen) atoms. The molecule has 4 saturated heterocycles. The summed E-state index contributed by atoms with van der Waals surface area (Å²) in [4.78, 5) is 0. The lowest BCUT2D eigenvalue weighted by Gasteiger charge is -2.24. The van der Waals surface area contributed by atoms with Gasteiger partial charge in [-0.2, -0.15) is 0 Å². The fourth-order valence-corrected chi connectivity index (χ4v) is 13.7. The zero-order valence-corrected chi connectivity index (χ0v) is 86.1. The molecule has 0 radical (unpaired) electrons. The van der Waals surface area contributed by atoms with Gasteiger partial charge in [0.2, 0.25) is 0 Å². The summed E-state index contributed by atoms with van der Waals surface area (Å²) in [6.07, 6.45) is 30.6. The molecule has 0 amide bonds. The maximum absolute atomic E-state index is 12.7. The van der Waals surface area contributed by atoms with Gasteiger partial charge in [-0.25, -0.2) is 43.9 Å². The molecule has 4 heterocycles. The van der Waals surface area contributed by atoms with Gasteiger partial charge in [-0.1, -0.05) is 301 Å². The fourth-order valence-electron chi connectivity index (χ4n) is 13.7. The Balaban J connectivity index is -0.0000000954. The van der Waals surface area contributed by atoms with Gasteiger partial charge in [0.25, 0.3) is 0 Å². The highest BCUT2D eigenvalue weighted by molar-refractivity contribution is 5.27. The Hall–Kier alpha value is -6.66. The number of hydrogen-bond donors (Lipinski definition) is 0. The van der Waals surface area contributed by atoms with Crippen LogP contribution in [0.15, 0.2) is 143 Å². The lowest BCUT2D eigenvalue weighted by molar-refractivity contribution is -0.187. The minimum Gasteiger partial charge on any atom is -0.378 e. The first kappa shape index (κ1) is 172. The van der Waals surface area contributed by atoms with Gasteiger partial charge in [0, 0.05) is 49.0 Å². The molecule has 6 aromatic rings. The van der Waals surface area contributed by atoms with E-state index in [2.05, 4.69) is 147 Å². The van der Waals surface area contributed by atoms with Gasteiger partial charge in [-0.15, -0.1) is 0 Å². The molecule has 0 bridgehead atoms. The van der Waals surface area contributed by atoms with Crippen LogP contribution >= 0.6 is 0 Å². The normalized spacial score (nSPS) is 21.6. The number of benzene rings is 6. The summed E-state index contributed by atoms with van der Waals surface area (Å²) in [5.74, 6) is 4.46. The van der Waals surface area contributed by atoms with Crippen molar-refractivity contribution in [3.05, 3.63) is 256 Å². The van der Waals surface area contributed by atoms with Crippen molar-refractivity contribution < 1.29 is 72.3 Å². The van der Waals surface area contributed by atoms with Crippen LogP contribution in [0, 0.1) is 189 Å². The van der Waals surface area contributed by atoms with Gasteiger partial charge >= 0.3 is 0 Å². The molecular formula is C129H234F10O6. The van der Waals surface area contributed by atoms with E-state index in [9.17, 15) is 43.9 Å². The Kier molecular flexibility index (Phi) is 113. The summed E-state index contributed by atoms with van der Waals surface area (Å²) >= 11 is 0. The van der Waals surface area contributed by atoms with E-state index in [0.29, 0.717) is 82.1 Å². The molecule has 8 atom stereocenters. The Bertz CT molecular complexity index is 3760. The smallest absolute Gasteiger partial charge is 0.161 e. The van der Waals surface area contributed by atoms with Gasteiger partial charge in [0.15, 0.2) is 24.2 Å². The van der Waals surface area contributed by atoms with Crippen LogP contribution in [0.2, 0.25) is 0 Å². The van der Waals surface area contributed by atoms with Crippen molar-refractivity contribution in [3.63, 3.8) is 0 Å². The second kappa shape index (κ2) is 95.7. The van der Waals surface area contributed by atoms with E-state index in [1.165, 1.54) is 178 Å². The van der Waals surface area contributed by atoms with E-state index in [4.69, 9.17) is 28.4 Å². The standard InChI is InChI=1S/3C8H8F2.2C8H13F.2C8H9F.C8H16.2C8H14.C8H10.2C7H14O.2C6H12O2.15CH4/c2*1-5-3-7(9)6(2)8(10)4-5;1-5-3-4-6(2)8(10)7(5)9;4*1-6-3-4-7(2)8(9)5-6;4*1-7-3-5-8(2)6-4-7;2*1-6-3-4-7(2)8-5-6;2*1-5-3-7-6(2)8-4-5;;;;;;;;;;;;;;;/h3*3-4H,1-2H3;2*6H,3-5H2,1-2H3;2*3-5H,1-2H3;7-8H,3-6H2,1-2H3;2*3,8H,4-6H2,1-2H3;3-6H,1-2H3;2*6-7H,3-5H2,1-2H3;2*5-6H,3-4H2,1-2H3;15*1H4. The Morgan fingerprint density at radius 2 is 0.441 bits per heavy atom. The lowest BCUT2D eigenvalue weighted by Crippen LogP contribution is -2.27. The number of hydrogen-bond acceptors (Lipinski definition) is 6. The van der Waals surface area contributed by atoms with E-state index in [1.54, 1.807) is 63.1 Å². The summed E-state index contributed by atoms with van der Waals surface area (Å²) in [5, 5.41) is 0. The van der Waals surface area contributed by atoms with Crippen molar-refractivity contribution in [1.82, 2.24) is 0 Å². The van der Waals surface area contributed by atoms with Crippen LogP contribution in [-0.2, 0) is 28.4 Å². The summed E-state index contributed by atoms with van der Waals surface area (Å²) < 4.78 is 158. The quantitative estimate of drug-likeness (QED) is 0.112. The van der Waals surface area contributed by atoms with Gasteiger partial charge in [-0.3, -0.25) is 0 Å². The predicted octanol–water partition coefficient (Wildman–Crippen LogP) is 44.6. The van der Waals surface area contributed by atoms with Crippen molar-refractivity contribution in [2.75, 3.05) is 39.6 Å². The highest BCUT2D eigenvalue weighted by atomic mass is 19.2. The molecule has 8 unspecified atom stereocenters. The zero-order valence-electron chi connectivity index (χ0n) is 86.1. The summed E-state index contributed by atoms with van der Waals surface area (Å²) in [6.45, 7) is 64.7. The average Bonchev–Trinajstić information content (AvgIpc) is 0.863. The van der Waals surface area contributed by atoms with Crippen molar-refractivity contribution >= 4 is 0 Å². The molecule has 5 aliphatic carbocycles. The molecule has 856 valence electrons. The first-order valence-corrected chi connectivity index (χ1v) is 48.4. The van der Waals surface area contributed by atoms with Crippen molar-refractivity contribution in [3.8, 4) is 0 Å². The largest absolute Gasteiger partial charge is 0.378 e. The van der Waals surface area contributed by atoms with Crippen LogP contribution in [0.3, 0.4) is 0 Å².